The number of H-pyrrole nitrogens is 1. The molecule has 2 saturated heterocycles. The van der Waals surface area contributed by atoms with E-state index in [2.05, 4.69) is 20.4 Å². The van der Waals surface area contributed by atoms with E-state index in [0.29, 0.717) is 0 Å². The number of nitrogens with one attached hydrogen (secondary N) is 2. The molecule has 112 valence electrons. The number of hydrogen-bond donors (Lipinski definition) is 3. The van der Waals surface area contributed by atoms with Gasteiger partial charge in [-0.25, -0.2) is 0 Å². The van der Waals surface area contributed by atoms with E-state index >= 15 is 0 Å². The summed E-state index contributed by atoms with van der Waals surface area (Å²) in [5.41, 5.74) is 2.17. The monoisotopic (exact) mass is 306 g/mol. The molecular formula is C15H19ClN4O. The fraction of sp³-hybridized carbons (Fsp3) is 0.533. The predicted molar refractivity (Wildman–Crippen MR) is 83.6 cm³/mol. The SMILES string of the molecule is OC1NCCC12CCN(c1cc(Cl)cc3[nH]ncc13)CC2. The lowest BCUT2D eigenvalue weighted by atomic mass is 9.76. The minimum absolute atomic E-state index is 0.0601. The Labute approximate surface area is 128 Å². The molecule has 2 aliphatic rings. The van der Waals surface area contributed by atoms with E-state index in [9.17, 15) is 5.11 Å². The number of aliphatic hydroxyl groups is 1. The molecule has 0 radical (unpaired) electrons. The molecule has 2 aliphatic heterocycles. The van der Waals surface area contributed by atoms with Crippen molar-refractivity contribution >= 4 is 28.2 Å². The van der Waals surface area contributed by atoms with Crippen molar-refractivity contribution in [3.8, 4) is 0 Å². The Morgan fingerprint density at radius 2 is 2.10 bits per heavy atom. The molecule has 1 aromatic heterocycles. The molecule has 5 nitrogen and oxygen atoms in total. The fourth-order valence-corrected chi connectivity index (χ4v) is 4.00. The van der Waals surface area contributed by atoms with Crippen LogP contribution in [0.4, 0.5) is 5.69 Å². The number of aromatic nitrogens is 2. The van der Waals surface area contributed by atoms with Crippen molar-refractivity contribution in [1.82, 2.24) is 15.5 Å². The Hall–Kier alpha value is -1.30. The highest BCUT2D eigenvalue weighted by molar-refractivity contribution is 6.31. The highest BCUT2D eigenvalue weighted by atomic mass is 35.5. The number of benzene rings is 1. The quantitative estimate of drug-likeness (QED) is 0.755. The van der Waals surface area contributed by atoms with Crippen LogP contribution in [0.15, 0.2) is 18.3 Å². The topological polar surface area (TPSA) is 64.2 Å². The third-order valence-electron chi connectivity index (χ3n) is 5.14. The average molecular weight is 307 g/mol. The minimum Gasteiger partial charge on any atom is -0.378 e. The van der Waals surface area contributed by atoms with Crippen LogP contribution < -0.4 is 10.2 Å². The molecule has 0 aliphatic carbocycles. The third kappa shape index (κ3) is 2.11. The molecule has 6 heteroatoms. The first-order chi connectivity index (χ1) is 10.2. The van der Waals surface area contributed by atoms with Crippen LogP contribution in [0.25, 0.3) is 10.9 Å². The smallest absolute Gasteiger partial charge is 0.110 e. The van der Waals surface area contributed by atoms with Crippen LogP contribution in [0.5, 0.6) is 0 Å². The fourth-order valence-electron chi connectivity index (χ4n) is 3.79. The maximum Gasteiger partial charge on any atom is 0.110 e. The zero-order chi connectivity index (χ0) is 14.4. The van der Waals surface area contributed by atoms with E-state index in [1.165, 1.54) is 0 Å². The molecule has 1 atom stereocenters. The van der Waals surface area contributed by atoms with Gasteiger partial charge in [-0.15, -0.1) is 0 Å². The van der Waals surface area contributed by atoms with Crippen molar-refractivity contribution in [2.75, 3.05) is 24.5 Å². The highest BCUT2D eigenvalue weighted by Gasteiger charge is 2.44. The van der Waals surface area contributed by atoms with Crippen molar-refractivity contribution < 1.29 is 5.11 Å². The molecule has 1 spiro atoms. The van der Waals surface area contributed by atoms with Crippen LogP contribution in [0.1, 0.15) is 19.3 Å². The van der Waals surface area contributed by atoms with E-state index in [0.717, 1.165) is 60.5 Å². The lowest BCUT2D eigenvalue weighted by Gasteiger charge is -2.42. The Balaban J connectivity index is 1.62. The summed E-state index contributed by atoms with van der Waals surface area (Å²) in [7, 11) is 0. The number of rotatable bonds is 1. The summed E-state index contributed by atoms with van der Waals surface area (Å²) in [4.78, 5) is 2.36. The molecule has 3 N–H and O–H groups in total. The summed E-state index contributed by atoms with van der Waals surface area (Å²) in [6, 6.07) is 3.92. The van der Waals surface area contributed by atoms with Gasteiger partial charge < -0.3 is 10.0 Å². The second-order valence-electron chi connectivity index (χ2n) is 6.21. The van der Waals surface area contributed by atoms with Crippen molar-refractivity contribution in [2.24, 2.45) is 5.41 Å². The second kappa shape index (κ2) is 4.87. The van der Waals surface area contributed by atoms with Crippen molar-refractivity contribution in [2.45, 2.75) is 25.5 Å². The minimum atomic E-state index is -0.354. The van der Waals surface area contributed by atoms with E-state index in [1.807, 2.05) is 18.3 Å². The van der Waals surface area contributed by atoms with Gasteiger partial charge in [0.1, 0.15) is 6.23 Å². The lowest BCUT2D eigenvalue weighted by molar-refractivity contribution is 0.0198. The van der Waals surface area contributed by atoms with E-state index in [1.54, 1.807) is 0 Å². The number of nitrogens with zero attached hydrogens (tertiary/aromatic N) is 2. The molecule has 4 rings (SSSR count). The Bertz CT molecular complexity index is 663. The second-order valence-corrected chi connectivity index (χ2v) is 6.65. The van der Waals surface area contributed by atoms with Gasteiger partial charge in [0.15, 0.2) is 0 Å². The van der Waals surface area contributed by atoms with Crippen LogP contribution in [-0.4, -0.2) is 41.2 Å². The normalized spacial score (nSPS) is 25.0. The molecule has 0 saturated carbocycles. The van der Waals surface area contributed by atoms with Gasteiger partial charge in [-0.1, -0.05) is 11.6 Å². The zero-order valence-corrected chi connectivity index (χ0v) is 12.5. The number of halogens is 1. The van der Waals surface area contributed by atoms with Crippen LogP contribution in [0.3, 0.4) is 0 Å². The van der Waals surface area contributed by atoms with Gasteiger partial charge in [-0.3, -0.25) is 10.4 Å². The lowest BCUT2D eigenvalue weighted by Crippen LogP contribution is -2.46. The first kappa shape index (κ1) is 13.4. The van der Waals surface area contributed by atoms with E-state index < -0.39 is 0 Å². The third-order valence-corrected chi connectivity index (χ3v) is 5.36. The number of fused-ring (bicyclic) bond motifs is 1. The largest absolute Gasteiger partial charge is 0.378 e. The number of aromatic amines is 1. The van der Waals surface area contributed by atoms with E-state index in [-0.39, 0.29) is 11.6 Å². The number of piperidine rings is 1. The maximum absolute atomic E-state index is 10.2. The van der Waals surface area contributed by atoms with Crippen LogP contribution in [-0.2, 0) is 0 Å². The summed E-state index contributed by atoms with van der Waals surface area (Å²) in [5.74, 6) is 0. The summed E-state index contributed by atoms with van der Waals surface area (Å²) in [6.07, 6.45) is 4.59. The standard InChI is InChI=1S/C15H19ClN4O/c16-10-7-12-11(9-18-19-12)13(8-10)20-5-2-15(3-6-20)1-4-17-14(15)21/h7-9,14,17,21H,1-6H2,(H,18,19). The molecule has 0 bridgehead atoms. The average Bonchev–Trinajstić information content (AvgIpc) is 3.07. The van der Waals surface area contributed by atoms with Gasteiger partial charge in [0.05, 0.1) is 11.7 Å². The molecule has 2 fully saturated rings. The first-order valence-electron chi connectivity index (χ1n) is 7.47. The van der Waals surface area contributed by atoms with Crippen LogP contribution in [0, 0.1) is 5.41 Å². The zero-order valence-electron chi connectivity index (χ0n) is 11.8. The summed E-state index contributed by atoms with van der Waals surface area (Å²) < 4.78 is 0. The van der Waals surface area contributed by atoms with Crippen molar-refractivity contribution in [3.05, 3.63) is 23.4 Å². The Kier molecular flexibility index (Phi) is 3.10. The molecule has 3 heterocycles. The number of anilines is 1. The predicted octanol–water partition coefficient (Wildman–Crippen LogP) is 2.11. The molecule has 1 unspecified atom stereocenters. The molecule has 0 amide bonds. The summed E-state index contributed by atoms with van der Waals surface area (Å²) >= 11 is 6.22. The Morgan fingerprint density at radius 3 is 2.81 bits per heavy atom. The Morgan fingerprint density at radius 1 is 1.29 bits per heavy atom. The van der Waals surface area contributed by atoms with Crippen LogP contribution in [0.2, 0.25) is 5.02 Å². The number of aliphatic hydroxyl groups excluding tert-OH is 1. The van der Waals surface area contributed by atoms with Crippen molar-refractivity contribution in [3.63, 3.8) is 0 Å². The first-order valence-corrected chi connectivity index (χ1v) is 7.85. The molecule has 2 aromatic rings. The number of hydrogen-bond acceptors (Lipinski definition) is 4. The maximum atomic E-state index is 10.2. The van der Waals surface area contributed by atoms with Gasteiger partial charge >= 0.3 is 0 Å². The van der Waals surface area contributed by atoms with Gasteiger partial charge in [0.25, 0.3) is 0 Å². The van der Waals surface area contributed by atoms with E-state index in [4.69, 9.17) is 11.6 Å². The van der Waals surface area contributed by atoms with Gasteiger partial charge in [0, 0.05) is 34.6 Å². The molecule has 1 aromatic carbocycles. The summed E-state index contributed by atoms with van der Waals surface area (Å²) in [5, 5.41) is 22.3. The van der Waals surface area contributed by atoms with Crippen LogP contribution >= 0.6 is 11.6 Å². The van der Waals surface area contributed by atoms with Gasteiger partial charge in [0.2, 0.25) is 0 Å². The van der Waals surface area contributed by atoms with Crippen molar-refractivity contribution in [1.29, 1.82) is 0 Å². The summed E-state index contributed by atoms with van der Waals surface area (Å²) in [6.45, 7) is 2.81. The van der Waals surface area contributed by atoms with Gasteiger partial charge in [-0.05, 0) is 37.9 Å². The highest BCUT2D eigenvalue weighted by Crippen LogP contribution is 2.42. The molecular weight excluding hydrogens is 288 g/mol. The van der Waals surface area contributed by atoms with Gasteiger partial charge in [-0.2, -0.15) is 5.10 Å². The molecule has 21 heavy (non-hydrogen) atoms.